The SMILES string of the molecule is CCOc1cc(/C=N/NCc2ccc(OC)c(OC)c2)cc(Br)c1OC(C)C. The number of nitrogens with zero attached hydrogens (tertiary/aromatic N) is 1. The summed E-state index contributed by atoms with van der Waals surface area (Å²) in [6.07, 6.45) is 1.80. The number of hydrogen-bond acceptors (Lipinski definition) is 6. The lowest BCUT2D eigenvalue weighted by molar-refractivity contribution is 0.222. The van der Waals surface area contributed by atoms with E-state index >= 15 is 0 Å². The summed E-state index contributed by atoms with van der Waals surface area (Å²) in [5.74, 6) is 2.78. The molecule has 0 bridgehead atoms. The van der Waals surface area contributed by atoms with E-state index in [1.807, 2.05) is 51.1 Å². The molecule has 0 amide bonds. The highest BCUT2D eigenvalue weighted by atomic mass is 79.9. The van der Waals surface area contributed by atoms with Crippen molar-refractivity contribution >= 4 is 22.1 Å². The Bertz CT molecular complexity index is 809. The van der Waals surface area contributed by atoms with E-state index < -0.39 is 0 Å². The van der Waals surface area contributed by atoms with Crippen molar-refractivity contribution in [2.24, 2.45) is 5.10 Å². The van der Waals surface area contributed by atoms with E-state index in [1.165, 1.54) is 0 Å². The van der Waals surface area contributed by atoms with Crippen LogP contribution in [0, 0.1) is 0 Å². The fraction of sp³-hybridized carbons (Fsp3) is 0.381. The van der Waals surface area contributed by atoms with Crippen molar-refractivity contribution in [2.75, 3.05) is 20.8 Å². The highest BCUT2D eigenvalue weighted by Crippen LogP contribution is 2.37. The van der Waals surface area contributed by atoms with Crippen LogP contribution < -0.4 is 24.4 Å². The van der Waals surface area contributed by atoms with Crippen molar-refractivity contribution in [3.8, 4) is 23.0 Å². The van der Waals surface area contributed by atoms with Gasteiger partial charge in [0.2, 0.25) is 0 Å². The molecule has 0 unspecified atom stereocenters. The number of methoxy groups -OCH3 is 2. The predicted molar refractivity (Wildman–Crippen MR) is 115 cm³/mol. The Labute approximate surface area is 175 Å². The number of halogens is 1. The Balaban J connectivity index is 2.07. The van der Waals surface area contributed by atoms with Gasteiger partial charge in [0.15, 0.2) is 23.0 Å². The first kappa shape index (κ1) is 21.9. The van der Waals surface area contributed by atoms with E-state index in [0.717, 1.165) is 15.6 Å². The zero-order valence-electron chi connectivity index (χ0n) is 16.9. The highest BCUT2D eigenvalue weighted by Gasteiger charge is 2.13. The Hall–Kier alpha value is -2.41. The van der Waals surface area contributed by atoms with Gasteiger partial charge in [0.1, 0.15) is 0 Å². The first-order chi connectivity index (χ1) is 13.5. The zero-order valence-corrected chi connectivity index (χ0v) is 18.5. The molecule has 6 nitrogen and oxygen atoms in total. The van der Waals surface area contributed by atoms with Gasteiger partial charge in [-0.25, -0.2) is 0 Å². The molecule has 1 N–H and O–H groups in total. The molecule has 0 spiro atoms. The maximum atomic E-state index is 5.85. The monoisotopic (exact) mass is 450 g/mol. The first-order valence-corrected chi connectivity index (χ1v) is 9.87. The molecule has 152 valence electrons. The fourth-order valence-corrected chi connectivity index (χ4v) is 3.08. The third-order valence-electron chi connectivity index (χ3n) is 3.72. The van der Waals surface area contributed by atoms with Gasteiger partial charge in [-0.1, -0.05) is 6.07 Å². The topological polar surface area (TPSA) is 61.3 Å². The molecular formula is C21H27BrN2O4. The van der Waals surface area contributed by atoms with Crippen LogP contribution in [0.2, 0.25) is 0 Å². The van der Waals surface area contributed by atoms with E-state index in [4.69, 9.17) is 18.9 Å². The molecule has 0 heterocycles. The lowest BCUT2D eigenvalue weighted by atomic mass is 10.2. The number of rotatable bonds is 10. The van der Waals surface area contributed by atoms with Crippen LogP contribution in [-0.4, -0.2) is 33.1 Å². The van der Waals surface area contributed by atoms with Crippen molar-refractivity contribution in [2.45, 2.75) is 33.4 Å². The Kier molecular flexibility index (Phi) is 8.44. The quantitative estimate of drug-likeness (QED) is 0.416. The van der Waals surface area contributed by atoms with Crippen LogP contribution in [0.25, 0.3) is 0 Å². The molecule has 0 aliphatic rings. The van der Waals surface area contributed by atoms with Gasteiger partial charge in [-0.15, -0.1) is 0 Å². The number of ether oxygens (including phenoxy) is 4. The number of nitrogens with one attached hydrogen (secondary N) is 1. The van der Waals surface area contributed by atoms with Crippen molar-refractivity contribution in [3.63, 3.8) is 0 Å². The van der Waals surface area contributed by atoms with Gasteiger partial charge < -0.3 is 24.4 Å². The van der Waals surface area contributed by atoms with E-state index in [2.05, 4.69) is 26.5 Å². The molecule has 0 aliphatic carbocycles. The Morgan fingerprint density at radius 3 is 2.46 bits per heavy atom. The summed E-state index contributed by atoms with van der Waals surface area (Å²) in [6.45, 7) is 7.02. The largest absolute Gasteiger partial charge is 0.493 e. The van der Waals surface area contributed by atoms with Crippen LogP contribution >= 0.6 is 15.9 Å². The van der Waals surface area contributed by atoms with E-state index in [0.29, 0.717) is 36.1 Å². The minimum Gasteiger partial charge on any atom is -0.493 e. The molecule has 2 rings (SSSR count). The minimum absolute atomic E-state index is 0.0539. The predicted octanol–water partition coefficient (Wildman–Crippen LogP) is 4.78. The Morgan fingerprint density at radius 2 is 1.82 bits per heavy atom. The molecule has 2 aromatic rings. The smallest absolute Gasteiger partial charge is 0.175 e. The summed E-state index contributed by atoms with van der Waals surface area (Å²) in [5, 5.41) is 4.30. The van der Waals surface area contributed by atoms with Gasteiger partial charge in [0.25, 0.3) is 0 Å². The normalized spacial score (nSPS) is 11.0. The number of hydrazone groups is 1. The number of benzene rings is 2. The summed E-state index contributed by atoms with van der Waals surface area (Å²) < 4.78 is 23.0. The van der Waals surface area contributed by atoms with Gasteiger partial charge in [-0.2, -0.15) is 5.10 Å². The van der Waals surface area contributed by atoms with Crippen LogP contribution in [0.4, 0.5) is 0 Å². The Morgan fingerprint density at radius 1 is 1.07 bits per heavy atom. The maximum absolute atomic E-state index is 5.85. The fourth-order valence-electron chi connectivity index (χ4n) is 2.52. The van der Waals surface area contributed by atoms with Gasteiger partial charge in [0, 0.05) is 0 Å². The summed E-state index contributed by atoms with van der Waals surface area (Å²) in [5.41, 5.74) is 4.97. The molecule has 0 radical (unpaired) electrons. The summed E-state index contributed by atoms with van der Waals surface area (Å²) in [4.78, 5) is 0. The van der Waals surface area contributed by atoms with E-state index in [-0.39, 0.29) is 6.10 Å². The van der Waals surface area contributed by atoms with Crippen LogP contribution in [0.3, 0.4) is 0 Å². The average molecular weight is 451 g/mol. The molecule has 0 saturated carbocycles. The van der Waals surface area contributed by atoms with Crippen LogP contribution in [0.5, 0.6) is 23.0 Å². The van der Waals surface area contributed by atoms with Crippen LogP contribution in [0.1, 0.15) is 31.9 Å². The zero-order chi connectivity index (χ0) is 20.5. The minimum atomic E-state index is 0.0539. The molecule has 0 saturated heterocycles. The lowest BCUT2D eigenvalue weighted by Gasteiger charge is -2.16. The summed E-state index contributed by atoms with van der Waals surface area (Å²) in [6, 6.07) is 9.61. The summed E-state index contributed by atoms with van der Waals surface area (Å²) in [7, 11) is 3.24. The van der Waals surface area contributed by atoms with Gasteiger partial charge in [-0.05, 0) is 72.1 Å². The van der Waals surface area contributed by atoms with Crippen LogP contribution in [-0.2, 0) is 6.54 Å². The molecule has 7 heteroatoms. The molecule has 0 aliphatic heterocycles. The second-order valence-corrected chi connectivity index (χ2v) is 7.07. The first-order valence-electron chi connectivity index (χ1n) is 9.08. The van der Waals surface area contributed by atoms with Gasteiger partial charge in [-0.3, -0.25) is 0 Å². The number of hydrogen-bond donors (Lipinski definition) is 1. The van der Waals surface area contributed by atoms with Crippen molar-refractivity contribution in [1.29, 1.82) is 0 Å². The van der Waals surface area contributed by atoms with Gasteiger partial charge >= 0.3 is 0 Å². The third kappa shape index (κ3) is 6.05. The van der Waals surface area contributed by atoms with Crippen LogP contribution in [0.15, 0.2) is 39.9 Å². The molecule has 0 atom stereocenters. The molecule has 0 aromatic heterocycles. The molecular weight excluding hydrogens is 424 g/mol. The third-order valence-corrected chi connectivity index (χ3v) is 4.31. The maximum Gasteiger partial charge on any atom is 0.175 e. The highest BCUT2D eigenvalue weighted by molar-refractivity contribution is 9.10. The van der Waals surface area contributed by atoms with Crippen molar-refractivity contribution < 1.29 is 18.9 Å². The molecule has 28 heavy (non-hydrogen) atoms. The summed E-state index contributed by atoms with van der Waals surface area (Å²) >= 11 is 3.56. The lowest BCUT2D eigenvalue weighted by Crippen LogP contribution is -2.09. The van der Waals surface area contributed by atoms with E-state index in [9.17, 15) is 0 Å². The van der Waals surface area contributed by atoms with Gasteiger partial charge in [0.05, 0.1) is 44.2 Å². The second kappa shape index (κ2) is 10.8. The average Bonchev–Trinajstić information content (AvgIpc) is 2.67. The van der Waals surface area contributed by atoms with Crippen molar-refractivity contribution in [3.05, 3.63) is 45.9 Å². The standard InChI is InChI=1S/C21H27BrN2O4/c1-6-27-20-11-16(9-17(22)21(20)28-14(2)3)13-24-23-12-15-7-8-18(25-4)19(10-15)26-5/h7-11,13-14,23H,6,12H2,1-5H3/b24-13+. The second-order valence-electron chi connectivity index (χ2n) is 6.21. The van der Waals surface area contributed by atoms with Crippen molar-refractivity contribution in [1.82, 2.24) is 5.43 Å². The van der Waals surface area contributed by atoms with E-state index in [1.54, 1.807) is 20.4 Å². The molecule has 0 fully saturated rings. The molecule has 2 aromatic carbocycles.